The number of pyridine rings is 1. The van der Waals surface area contributed by atoms with E-state index in [-0.39, 0.29) is 29.6 Å². The van der Waals surface area contributed by atoms with Crippen LogP contribution in [0.4, 0.5) is 0 Å². The minimum atomic E-state index is 0. The van der Waals surface area contributed by atoms with Crippen LogP contribution in [0.1, 0.15) is 4.88 Å². The summed E-state index contributed by atoms with van der Waals surface area (Å²) in [6, 6.07) is 7.70. The predicted molar refractivity (Wildman–Crippen MR) is 89.0 cm³/mol. The van der Waals surface area contributed by atoms with E-state index in [1.165, 1.54) is 4.88 Å². The van der Waals surface area contributed by atoms with Gasteiger partial charge in [0, 0.05) is 33.1 Å². The Morgan fingerprint density at radius 3 is 3.00 bits per heavy atom. The number of hydrogen-bond donors (Lipinski definition) is 0. The smallest absolute Gasteiger partial charge is 0.412 e. The Hall–Kier alpha value is -0.960. The molecule has 0 aliphatic heterocycles. The summed E-state index contributed by atoms with van der Waals surface area (Å²) in [4.78, 5) is 5.75. The van der Waals surface area contributed by atoms with Crippen molar-refractivity contribution in [3.63, 3.8) is 0 Å². The summed E-state index contributed by atoms with van der Waals surface area (Å²) in [7, 11) is 0. The molecule has 0 bridgehead atoms. The second-order valence-electron chi connectivity index (χ2n) is 4.71. The van der Waals surface area contributed by atoms with Crippen molar-refractivity contribution >= 4 is 40.8 Å². The van der Waals surface area contributed by atoms with Crippen molar-refractivity contribution in [1.82, 2.24) is 24.1 Å². The van der Waals surface area contributed by atoms with E-state index in [1.54, 1.807) is 17.4 Å². The number of nitrogens with zero attached hydrogens (tertiary/aromatic N) is 5. The Bertz CT molecular complexity index is 1000. The maximum absolute atomic E-state index is 6.00. The molecule has 0 N–H and O–H groups in total. The third-order valence-electron chi connectivity index (χ3n) is 3.26. The largest absolute Gasteiger partial charge is 1.00 e. The van der Waals surface area contributed by atoms with Crippen LogP contribution in [0.15, 0.2) is 42.0 Å². The van der Waals surface area contributed by atoms with Crippen LogP contribution in [0.2, 0.25) is 5.02 Å². The van der Waals surface area contributed by atoms with Crippen molar-refractivity contribution in [2.75, 3.05) is 0 Å². The molecule has 0 atom stereocenters. The molecular formula is C14H9ClN5NaS2. The predicted octanol–water partition coefficient (Wildman–Crippen LogP) is 0.652. The number of imidazole rings is 1. The number of aromatic nitrogens is 5. The van der Waals surface area contributed by atoms with Crippen LogP contribution < -0.4 is 34.7 Å². The number of halogens is 1. The summed E-state index contributed by atoms with van der Waals surface area (Å²) in [5.74, 6) is 0.665. The normalized spacial score (nSPS) is 10.8. The van der Waals surface area contributed by atoms with Gasteiger partial charge in [0.15, 0.2) is 0 Å². The fourth-order valence-electron chi connectivity index (χ4n) is 2.24. The molecule has 0 aliphatic rings. The first-order valence-corrected chi connectivity index (χ1v) is 8.14. The Balaban J connectivity index is 0.00000156. The molecule has 4 aromatic rings. The monoisotopic (exact) mass is 369 g/mol. The number of hydrogen-bond acceptors (Lipinski definition) is 4. The molecule has 9 heteroatoms. The van der Waals surface area contributed by atoms with Crippen molar-refractivity contribution in [2.24, 2.45) is 0 Å². The Labute approximate surface area is 168 Å². The third kappa shape index (κ3) is 3.31. The van der Waals surface area contributed by atoms with E-state index in [9.17, 15) is 0 Å². The first-order chi connectivity index (χ1) is 10.7. The first-order valence-electron chi connectivity index (χ1n) is 6.48. The minimum Gasteiger partial charge on any atom is -0.412 e. The molecular weight excluding hydrogens is 361 g/mol. The van der Waals surface area contributed by atoms with E-state index in [1.807, 2.05) is 38.9 Å². The van der Waals surface area contributed by atoms with Gasteiger partial charge in [0.2, 0.25) is 0 Å². The summed E-state index contributed by atoms with van der Waals surface area (Å²) in [6.07, 6.45) is 3.76. The summed E-state index contributed by atoms with van der Waals surface area (Å²) < 4.78 is 4.25. The van der Waals surface area contributed by atoms with E-state index in [0.29, 0.717) is 22.2 Å². The molecule has 0 saturated heterocycles. The van der Waals surface area contributed by atoms with Gasteiger partial charge >= 0.3 is 29.6 Å². The fraction of sp³-hybridized carbons (Fsp3) is 0.0714. The van der Waals surface area contributed by atoms with E-state index in [2.05, 4.69) is 21.2 Å². The van der Waals surface area contributed by atoms with Crippen LogP contribution in [0.5, 0.6) is 0 Å². The number of thiophene rings is 1. The van der Waals surface area contributed by atoms with Crippen molar-refractivity contribution in [2.45, 2.75) is 6.54 Å². The maximum Gasteiger partial charge on any atom is 1.00 e. The van der Waals surface area contributed by atoms with Gasteiger partial charge in [-0.05, 0) is 24.1 Å². The fourth-order valence-corrected chi connectivity index (χ4v) is 3.28. The van der Waals surface area contributed by atoms with Crippen LogP contribution in [0, 0.1) is 4.77 Å². The van der Waals surface area contributed by atoms with Gasteiger partial charge in [-0.2, -0.15) is 0 Å². The van der Waals surface area contributed by atoms with Gasteiger partial charge < -0.3 is 14.1 Å². The second kappa shape index (κ2) is 6.88. The molecule has 4 aromatic heterocycles. The quantitative estimate of drug-likeness (QED) is 0.393. The van der Waals surface area contributed by atoms with Crippen LogP contribution in [0.25, 0.3) is 17.2 Å². The third-order valence-corrected chi connectivity index (χ3v) is 4.66. The van der Waals surface area contributed by atoms with Gasteiger partial charge in [-0.3, -0.25) is 5.10 Å². The zero-order chi connectivity index (χ0) is 15.1. The Morgan fingerprint density at radius 1 is 1.35 bits per heavy atom. The molecule has 5 nitrogen and oxygen atoms in total. The van der Waals surface area contributed by atoms with Gasteiger partial charge in [-0.1, -0.05) is 29.9 Å². The standard InChI is InChI=1S/C14H10ClN5S2.Na/c15-9-3-4-19-8-11(16-12(19)6-9)13-17-18-14(21)20(13)7-10-2-1-5-22-10;/h1-6,8H,7H2,(H,18,21);/q;+1/p-1. The van der Waals surface area contributed by atoms with E-state index < -0.39 is 0 Å². The van der Waals surface area contributed by atoms with E-state index >= 15 is 0 Å². The molecule has 4 rings (SSSR count). The molecule has 0 radical (unpaired) electrons. The van der Waals surface area contributed by atoms with Crippen LogP contribution in [-0.2, 0) is 6.54 Å². The number of fused-ring (bicyclic) bond motifs is 1. The molecule has 0 aromatic carbocycles. The summed E-state index contributed by atoms with van der Waals surface area (Å²) in [5.41, 5.74) is 1.49. The van der Waals surface area contributed by atoms with Crippen LogP contribution in [-0.4, -0.2) is 19.1 Å². The van der Waals surface area contributed by atoms with Crippen molar-refractivity contribution in [3.05, 3.63) is 56.7 Å². The summed E-state index contributed by atoms with van der Waals surface area (Å²) in [6.45, 7) is 0.646. The molecule has 110 valence electrons. The summed E-state index contributed by atoms with van der Waals surface area (Å²) in [5, 5.41) is 10.9. The molecule has 0 aliphatic carbocycles. The topological polar surface area (TPSA) is 49.2 Å². The van der Waals surface area contributed by atoms with Gasteiger partial charge in [-0.25, -0.2) is 4.98 Å². The Morgan fingerprint density at radius 2 is 2.22 bits per heavy atom. The van der Waals surface area contributed by atoms with Gasteiger partial charge in [0.25, 0.3) is 0 Å². The molecule has 0 fully saturated rings. The SMILES string of the molecule is S=c1[n-]nc(-c2cn3ccc(Cl)cc3n2)n1Cc1cccs1.[Na+]. The van der Waals surface area contributed by atoms with E-state index in [0.717, 1.165) is 11.3 Å². The van der Waals surface area contributed by atoms with Crippen molar-refractivity contribution in [3.8, 4) is 11.5 Å². The van der Waals surface area contributed by atoms with Gasteiger partial charge in [0.05, 0.1) is 5.82 Å². The van der Waals surface area contributed by atoms with Crippen molar-refractivity contribution in [1.29, 1.82) is 0 Å². The molecule has 0 amide bonds. The molecule has 23 heavy (non-hydrogen) atoms. The van der Waals surface area contributed by atoms with Crippen molar-refractivity contribution < 1.29 is 29.6 Å². The molecule has 0 saturated carbocycles. The van der Waals surface area contributed by atoms with Gasteiger partial charge in [-0.15, -0.1) is 11.3 Å². The molecule has 4 heterocycles. The van der Waals surface area contributed by atoms with Gasteiger partial charge in [0.1, 0.15) is 11.3 Å². The molecule has 0 unspecified atom stereocenters. The average molecular weight is 370 g/mol. The minimum absolute atomic E-state index is 0. The zero-order valence-corrected chi connectivity index (χ0v) is 16.6. The second-order valence-corrected chi connectivity index (χ2v) is 6.54. The van der Waals surface area contributed by atoms with Crippen LogP contribution >= 0.6 is 35.2 Å². The molecule has 0 spiro atoms. The maximum atomic E-state index is 6.00. The summed E-state index contributed by atoms with van der Waals surface area (Å²) >= 11 is 13.0. The Kier molecular flexibility index (Phi) is 5.05. The number of rotatable bonds is 3. The average Bonchev–Trinajstić information content (AvgIpc) is 3.20. The zero-order valence-electron chi connectivity index (χ0n) is 12.2. The van der Waals surface area contributed by atoms with E-state index in [4.69, 9.17) is 23.8 Å². The first kappa shape index (κ1) is 16.9. The van der Waals surface area contributed by atoms with Crippen LogP contribution in [0.3, 0.4) is 0 Å².